The SMILES string of the molecule is CC12CCC(C1)C(C)(C)C2n1c(N)nc2cc(I)ccc21. The molecule has 1 aromatic carbocycles. The van der Waals surface area contributed by atoms with Gasteiger partial charge in [-0.1, -0.05) is 20.8 Å². The zero-order valence-corrected chi connectivity index (χ0v) is 15.0. The minimum absolute atomic E-state index is 0.289. The molecule has 21 heavy (non-hydrogen) atoms. The first-order valence-corrected chi connectivity index (χ1v) is 8.84. The smallest absolute Gasteiger partial charge is 0.201 e. The molecule has 0 saturated heterocycles. The Hall–Kier alpha value is -0.780. The van der Waals surface area contributed by atoms with Gasteiger partial charge >= 0.3 is 0 Å². The summed E-state index contributed by atoms with van der Waals surface area (Å²) in [4.78, 5) is 4.63. The highest BCUT2D eigenvalue weighted by atomic mass is 127. The third-order valence-corrected chi connectivity index (χ3v) is 6.80. The lowest BCUT2D eigenvalue weighted by Gasteiger charge is -2.44. The Morgan fingerprint density at radius 1 is 1.33 bits per heavy atom. The van der Waals surface area contributed by atoms with Crippen molar-refractivity contribution >= 4 is 39.6 Å². The van der Waals surface area contributed by atoms with Crippen molar-refractivity contribution in [3.63, 3.8) is 0 Å². The molecular weight excluding hydrogens is 373 g/mol. The third-order valence-electron chi connectivity index (χ3n) is 6.13. The average molecular weight is 395 g/mol. The molecule has 0 radical (unpaired) electrons. The lowest BCUT2D eigenvalue weighted by molar-refractivity contribution is 0.0882. The van der Waals surface area contributed by atoms with Gasteiger partial charge in [0, 0.05) is 9.61 Å². The maximum absolute atomic E-state index is 6.34. The van der Waals surface area contributed by atoms with Crippen molar-refractivity contribution in [2.24, 2.45) is 16.7 Å². The quantitative estimate of drug-likeness (QED) is 0.717. The van der Waals surface area contributed by atoms with Crippen LogP contribution in [0.2, 0.25) is 0 Å². The summed E-state index contributed by atoms with van der Waals surface area (Å²) in [5.41, 5.74) is 9.22. The predicted molar refractivity (Wildman–Crippen MR) is 95.1 cm³/mol. The van der Waals surface area contributed by atoms with Crippen LogP contribution in [0.3, 0.4) is 0 Å². The Morgan fingerprint density at radius 3 is 2.76 bits per heavy atom. The molecule has 3 unspecified atom stereocenters. The van der Waals surface area contributed by atoms with E-state index >= 15 is 0 Å². The van der Waals surface area contributed by atoms with Gasteiger partial charge in [-0.2, -0.15) is 0 Å². The largest absolute Gasteiger partial charge is 0.369 e. The van der Waals surface area contributed by atoms with Gasteiger partial charge in [-0.05, 0) is 76.8 Å². The molecule has 0 amide bonds. The number of aromatic nitrogens is 2. The van der Waals surface area contributed by atoms with E-state index in [0.717, 1.165) is 11.4 Å². The van der Waals surface area contributed by atoms with E-state index in [-0.39, 0.29) is 5.41 Å². The summed E-state index contributed by atoms with van der Waals surface area (Å²) in [5, 5.41) is 0. The van der Waals surface area contributed by atoms with Gasteiger partial charge in [-0.25, -0.2) is 4.98 Å². The van der Waals surface area contributed by atoms with E-state index in [1.54, 1.807) is 0 Å². The number of hydrogen-bond donors (Lipinski definition) is 1. The number of benzene rings is 1. The maximum Gasteiger partial charge on any atom is 0.201 e. The van der Waals surface area contributed by atoms with E-state index in [2.05, 4.69) is 71.1 Å². The Kier molecular flexibility index (Phi) is 2.74. The van der Waals surface area contributed by atoms with Crippen LogP contribution >= 0.6 is 22.6 Å². The molecule has 4 heteroatoms. The molecule has 0 aliphatic heterocycles. The number of nitrogen functional groups attached to an aromatic ring is 1. The van der Waals surface area contributed by atoms with Gasteiger partial charge in [0.1, 0.15) is 0 Å². The monoisotopic (exact) mass is 395 g/mol. The summed E-state index contributed by atoms with van der Waals surface area (Å²) in [7, 11) is 0. The number of nitrogens with zero attached hydrogens (tertiary/aromatic N) is 2. The van der Waals surface area contributed by atoms with Crippen molar-refractivity contribution in [2.75, 3.05) is 5.73 Å². The summed E-state index contributed by atoms with van der Waals surface area (Å²) < 4.78 is 3.55. The molecule has 2 fully saturated rings. The second-order valence-electron chi connectivity index (χ2n) is 7.79. The first kappa shape index (κ1) is 13.9. The fourth-order valence-electron chi connectivity index (χ4n) is 5.28. The van der Waals surface area contributed by atoms with E-state index in [1.807, 2.05) is 0 Å². The topological polar surface area (TPSA) is 43.8 Å². The van der Waals surface area contributed by atoms with Crippen LogP contribution in [-0.2, 0) is 0 Å². The first-order chi connectivity index (χ1) is 9.83. The standard InChI is InChI=1S/C17H22IN3/c1-16(2)10-6-7-17(3,9-10)14(16)21-13-5-4-11(18)8-12(13)20-15(21)19/h4-5,8,10,14H,6-7,9H2,1-3H3,(H2,19,20). The van der Waals surface area contributed by atoms with Crippen molar-refractivity contribution in [1.82, 2.24) is 9.55 Å². The maximum atomic E-state index is 6.34. The van der Waals surface area contributed by atoms with Crippen molar-refractivity contribution in [3.05, 3.63) is 21.8 Å². The highest BCUT2D eigenvalue weighted by Crippen LogP contribution is 2.68. The third kappa shape index (κ3) is 1.74. The number of anilines is 1. The first-order valence-electron chi connectivity index (χ1n) is 7.76. The second-order valence-corrected chi connectivity index (χ2v) is 9.04. The Morgan fingerprint density at radius 2 is 2.10 bits per heavy atom. The number of rotatable bonds is 1. The summed E-state index contributed by atoms with van der Waals surface area (Å²) in [6, 6.07) is 6.93. The van der Waals surface area contributed by atoms with Gasteiger partial charge in [0.15, 0.2) is 0 Å². The normalized spacial score (nSPS) is 33.9. The molecule has 2 aliphatic rings. The van der Waals surface area contributed by atoms with Crippen molar-refractivity contribution in [3.8, 4) is 0 Å². The molecule has 3 atom stereocenters. The molecule has 2 aliphatic carbocycles. The van der Waals surface area contributed by atoms with Gasteiger partial charge in [-0.15, -0.1) is 0 Å². The van der Waals surface area contributed by atoms with E-state index in [9.17, 15) is 0 Å². The molecule has 3 nitrogen and oxygen atoms in total. The molecule has 1 aromatic heterocycles. The fourth-order valence-corrected chi connectivity index (χ4v) is 5.76. The number of nitrogens with two attached hydrogens (primary N) is 1. The molecule has 0 spiro atoms. The number of imidazole rings is 1. The summed E-state index contributed by atoms with van der Waals surface area (Å²) >= 11 is 2.34. The molecular formula is C17H22IN3. The highest BCUT2D eigenvalue weighted by Gasteiger charge is 2.60. The van der Waals surface area contributed by atoms with Crippen LogP contribution in [0.15, 0.2) is 18.2 Å². The lowest BCUT2D eigenvalue weighted by atomic mass is 9.68. The molecule has 2 bridgehead atoms. The summed E-state index contributed by atoms with van der Waals surface area (Å²) in [5.74, 6) is 1.49. The van der Waals surface area contributed by atoms with E-state index in [1.165, 1.54) is 28.3 Å². The van der Waals surface area contributed by atoms with Crippen molar-refractivity contribution < 1.29 is 0 Å². The summed E-state index contributed by atoms with van der Waals surface area (Å²) in [6.07, 6.45) is 4.01. The van der Waals surface area contributed by atoms with Gasteiger partial charge in [0.2, 0.25) is 5.95 Å². The molecule has 1 heterocycles. The van der Waals surface area contributed by atoms with Crippen molar-refractivity contribution in [1.29, 1.82) is 0 Å². The Bertz CT molecular complexity index is 728. The zero-order chi connectivity index (χ0) is 15.0. The number of fused-ring (bicyclic) bond motifs is 3. The molecule has 2 aromatic rings. The predicted octanol–water partition coefficient (Wildman–Crippen LogP) is 4.61. The number of hydrogen-bond acceptors (Lipinski definition) is 2. The highest BCUT2D eigenvalue weighted by molar-refractivity contribution is 14.1. The molecule has 2 N–H and O–H groups in total. The number of halogens is 1. The zero-order valence-electron chi connectivity index (χ0n) is 12.9. The Balaban J connectivity index is 1.96. The van der Waals surface area contributed by atoms with E-state index in [0.29, 0.717) is 17.4 Å². The van der Waals surface area contributed by atoms with Gasteiger partial charge < -0.3 is 10.3 Å². The van der Waals surface area contributed by atoms with Gasteiger partial charge in [0.25, 0.3) is 0 Å². The van der Waals surface area contributed by atoms with Crippen LogP contribution in [0.25, 0.3) is 11.0 Å². The lowest BCUT2D eigenvalue weighted by Crippen LogP contribution is -2.37. The van der Waals surface area contributed by atoms with Crippen LogP contribution < -0.4 is 5.73 Å². The molecule has 112 valence electrons. The summed E-state index contributed by atoms with van der Waals surface area (Å²) in [6.45, 7) is 7.29. The molecule has 4 rings (SSSR count). The van der Waals surface area contributed by atoms with Crippen LogP contribution in [-0.4, -0.2) is 9.55 Å². The van der Waals surface area contributed by atoms with Gasteiger partial charge in [-0.3, -0.25) is 0 Å². The van der Waals surface area contributed by atoms with Crippen LogP contribution in [0, 0.1) is 20.3 Å². The minimum atomic E-state index is 0.289. The van der Waals surface area contributed by atoms with Crippen LogP contribution in [0.5, 0.6) is 0 Å². The molecule has 2 saturated carbocycles. The van der Waals surface area contributed by atoms with Crippen LogP contribution in [0.1, 0.15) is 46.1 Å². The minimum Gasteiger partial charge on any atom is -0.369 e. The van der Waals surface area contributed by atoms with Crippen molar-refractivity contribution in [2.45, 2.75) is 46.1 Å². The van der Waals surface area contributed by atoms with Crippen LogP contribution in [0.4, 0.5) is 5.95 Å². The fraction of sp³-hybridized carbons (Fsp3) is 0.588. The average Bonchev–Trinajstić information content (AvgIpc) is 2.97. The van der Waals surface area contributed by atoms with Gasteiger partial charge in [0.05, 0.1) is 11.0 Å². The van der Waals surface area contributed by atoms with E-state index < -0.39 is 0 Å². The Labute approximate surface area is 139 Å². The second kappa shape index (κ2) is 4.15. The van der Waals surface area contributed by atoms with E-state index in [4.69, 9.17) is 5.73 Å².